The Morgan fingerprint density at radius 1 is 1.50 bits per heavy atom. The van der Waals surface area contributed by atoms with E-state index in [2.05, 4.69) is 10.6 Å². The maximum absolute atomic E-state index is 13.7. The summed E-state index contributed by atoms with van der Waals surface area (Å²) in [5, 5.41) is 5.85. The van der Waals surface area contributed by atoms with Gasteiger partial charge < -0.3 is 10.6 Å². The van der Waals surface area contributed by atoms with E-state index in [9.17, 15) is 9.18 Å². The lowest BCUT2D eigenvalue weighted by Gasteiger charge is -2.15. The number of carbonyl (C=O) groups is 1. The van der Waals surface area contributed by atoms with E-state index < -0.39 is 0 Å². The summed E-state index contributed by atoms with van der Waals surface area (Å²) in [6.45, 7) is 4.46. The van der Waals surface area contributed by atoms with Crippen LogP contribution in [0.15, 0.2) is 18.2 Å². The van der Waals surface area contributed by atoms with E-state index in [1.54, 1.807) is 12.1 Å². The number of hydrogen-bond donors (Lipinski definition) is 2. The van der Waals surface area contributed by atoms with E-state index in [0.29, 0.717) is 23.7 Å². The predicted octanol–water partition coefficient (Wildman–Crippen LogP) is 2.79. The highest BCUT2D eigenvalue weighted by Crippen LogP contribution is 2.32. The molecule has 1 aliphatic rings. The van der Waals surface area contributed by atoms with E-state index in [0.717, 1.165) is 0 Å². The van der Waals surface area contributed by atoms with Gasteiger partial charge in [0.2, 0.25) is 0 Å². The second kappa shape index (κ2) is 5.38. The average Bonchev–Trinajstić information content (AvgIpc) is 3.15. The lowest BCUT2D eigenvalue weighted by Crippen LogP contribution is -2.34. The van der Waals surface area contributed by atoms with Gasteiger partial charge in [-0.1, -0.05) is 6.07 Å². The Bertz CT molecular complexity index is 443. The van der Waals surface area contributed by atoms with Gasteiger partial charge in [-0.25, -0.2) is 4.39 Å². The van der Waals surface area contributed by atoms with Gasteiger partial charge in [-0.05, 0) is 44.7 Å². The van der Waals surface area contributed by atoms with Crippen molar-refractivity contribution in [1.82, 2.24) is 5.32 Å². The first-order valence-electron chi connectivity index (χ1n) is 6.46. The standard InChI is InChI=1S/C14H19FN2O/c1-3-16-13-11(5-4-6-12(13)15)14(18)17-9(2)10-7-8-10/h4-6,9-10,16H,3,7-8H2,1-2H3,(H,17,18). The molecular weight excluding hydrogens is 231 g/mol. The number of halogens is 1. The Balaban J connectivity index is 2.15. The third-order valence-corrected chi connectivity index (χ3v) is 3.30. The van der Waals surface area contributed by atoms with Crippen molar-refractivity contribution in [3.05, 3.63) is 29.6 Å². The number of nitrogens with one attached hydrogen (secondary N) is 2. The van der Waals surface area contributed by atoms with E-state index in [4.69, 9.17) is 0 Å². The fraction of sp³-hybridized carbons (Fsp3) is 0.500. The first kappa shape index (κ1) is 12.9. The third-order valence-electron chi connectivity index (χ3n) is 3.30. The Hall–Kier alpha value is -1.58. The van der Waals surface area contributed by atoms with Gasteiger partial charge in [0.1, 0.15) is 5.82 Å². The minimum Gasteiger partial charge on any atom is -0.382 e. The molecular formula is C14H19FN2O. The monoisotopic (exact) mass is 250 g/mol. The summed E-state index contributed by atoms with van der Waals surface area (Å²) in [6, 6.07) is 4.73. The minimum absolute atomic E-state index is 0.162. The summed E-state index contributed by atoms with van der Waals surface area (Å²) in [7, 11) is 0. The molecule has 0 aliphatic heterocycles. The molecule has 3 nitrogen and oxygen atoms in total. The highest BCUT2D eigenvalue weighted by molar-refractivity contribution is 5.99. The maximum atomic E-state index is 13.7. The topological polar surface area (TPSA) is 41.1 Å². The number of benzene rings is 1. The van der Waals surface area contributed by atoms with Crippen molar-refractivity contribution in [3.8, 4) is 0 Å². The predicted molar refractivity (Wildman–Crippen MR) is 70.2 cm³/mol. The molecule has 1 saturated carbocycles. The van der Waals surface area contributed by atoms with Crippen LogP contribution in [-0.4, -0.2) is 18.5 Å². The van der Waals surface area contributed by atoms with Crippen LogP contribution in [0.25, 0.3) is 0 Å². The fourth-order valence-electron chi connectivity index (χ4n) is 2.07. The van der Waals surface area contributed by atoms with Crippen LogP contribution < -0.4 is 10.6 Å². The molecule has 1 amide bonds. The van der Waals surface area contributed by atoms with Gasteiger partial charge in [0.25, 0.3) is 5.91 Å². The van der Waals surface area contributed by atoms with Gasteiger partial charge in [0, 0.05) is 12.6 Å². The van der Waals surface area contributed by atoms with E-state index >= 15 is 0 Å². The van der Waals surface area contributed by atoms with Crippen molar-refractivity contribution in [2.75, 3.05) is 11.9 Å². The summed E-state index contributed by atoms with van der Waals surface area (Å²) in [5.74, 6) is -0.00137. The second-order valence-corrected chi connectivity index (χ2v) is 4.79. The number of carbonyl (C=O) groups excluding carboxylic acids is 1. The summed E-state index contributed by atoms with van der Waals surface area (Å²) >= 11 is 0. The van der Waals surface area contributed by atoms with E-state index in [-0.39, 0.29) is 17.8 Å². The van der Waals surface area contributed by atoms with Crippen LogP contribution in [0.2, 0.25) is 0 Å². The van der Waals surface area contributed by atoms with Gasteiger partial charge in [0.05, 0.1) is 11.3 Å². The van der Waals surface area contributed by atoms with Gasteiger partial charge in [-0.15, -0.1) is 0 Å². The van der Waals surface area contributed by atoms with Gasteiger partial charge in [0.15, 0.2) is 0 Å². The molecule has 1 fully saturated rings. The Labute approximate surface area is 107 Å². The Morgan fingerprint density at radius 3 is 2.83 bits per heavy atom. The first-order valence-corrected chi connectivity index (χ1v) is 6.46. The highest BCUT2D eigenvalue weighted by Gasteiger charge is 2.29. The van der Waals surface area contributed by atoms with Crippen molar-refractivity contribution in [2.45, 2.75) is 32.7 Å². The number of hydrogen-bond acceptors (Lipinski definition) is 2. The normalized spacial score (nSPS) is 16.2. The quantitative estimate of drug-likeness (QED) is 0.843. The van der Waals surface area contributed by atoms with Gasteiger partial charge >= 0.3 is 0 Å². The largest absolute Gasteiger partial charge is 0.382 e. The maximum Gasteiger partial charge on any atom is 0.253 e. The summed E-state index contributed by atoms with van der Waals surface area (Å²) in [5.41, 5.74) is 0.671. The van der Waals surface area contributed by atoms with E-state index in [1.165, 1.54) is 18.9 Å². The van der Waals surface area contributed by atoms with Crippen LogP contribution in [0.3, 0.4) is 0 Å². The van der Waals surface area contributed by atoms with Crippen LogP contribution >= 0.6 is 0 Å². The molecule has 0 saturated heterocycles. The molecule has 0 heterocycles. The molecule has 98 valence electrons. The molecule has 4 heteroatoms. The zero-order valence-corrected chi connectivity index (χ0v) is 10.8. The Kier molecular flexibility index (Phi) is 3.84. The molecule has 1 aromatic carbocycles. The summed E-state index contributed by atoms with van der Waals surface area (Å²) in [6.07, 6.45) is 2.34. The fourth-order valence-corrected chi connectivity index (χ4v) is 2.07. The minimum atomic E-state index is -0.386. The zero-order chi connectivity index (χ0) is 13.1. The number of amides is 1. The summed E-state index contributed by atoms with van der Waals surface area (Å²) in [4.78, 5) is 12.1. The Morgan fingerprint density at radius 2 is 2.22 bits per heavy atom. The molecule has 0 aromatic heterocycles. The van der Waals surface area contributed by atoms with Crippen molar-refractivity contribution in [1.29, 1.82) is 0 Å². The summed E-state index contributed by atoms with van der Waals surface area (Å²) < 4.78 is 13.7. The molecule has 0 radical (unpaired) electrons. The third kappa shape index (κ3) is 2.81. The molecule has 1 unspecified atom stereocenters. The molecule has 2 rings (SSSR count). The van der Waals surface area contributed by atoms with Crippen molar-refractivity contribution >= 4 is 11.6 Å². The molecule has 1 aromatic rings. The van der Waals surface area contributed by atoms with Crippen LogP contribution in [-0.2, 0) is 0 Å². The number of para-hydroxylation sites is 1. The van der Waals surface area contributed by atoms with E-state index in [1.807, 2.05) is 13.8 Å². The highest BCUT2D eigenvalue weighted by atomic mass is 19.1. The van der Waals surface area contributed by atoms with Crippen molar-refractivity contribution < 1.29 is 9.18 Å². The van der Waals surface area contributed by atoms with Gasteiger partial charge in [-0.2, -0.15) is 0 Å². The lowest BCUT2D eigenvalue weighted by atomic mass is 10.1. The zero-order valence-electron chi connectivity index (χ0n) is 10.8. The van der Waals surface area contributed by atoms with Gasteiger partial charge in [-0.3, -0.25) is 4.79 Å². The SMILES string of the molecule is CCNc1c(F)cccc1C(=O)NC(C)C1CC1. The molecule has 1 atom stereocenters. The molecule has 0 bridgehead atoms. The molecule has 0 spiro atoms. The first-order chi connectivity index (χ1) is 8.63. The lowest BCUT2D eigenvalue weighted by molar-refractivity contribution is 0.0936. The van der Waals surface area contributed by atoms with Crippen molar-refractivity contribution in [3.63, 3.8) is 0 Å². The molecule has 2 N–H and O–H groups in total. The molecule has 1 aliphatic carbocycles. The van der Waals surface area contributed by atoms with Crippen LogP contribution in [0.1, 0.15) is 37.0 Å². The average molecular weight is 250 g/mol. The second-order valence-electron chi connectivity index (χ2n) is 4.79. The smallest absolute Gasteiger partial charge is 0.253 e. The van der Waals surface area contributed by atoms with Crippen molar-refractivity contribution in [2.24, 2.45) is 5.92 Å². The van der Waals surface area contributed by atoms with Crippen LogP contribution in [0.4, 0.5) is 10.1 Å². The number of anilines is 1. The van der Waals surface area contributed by atoms with Crippen LogP contribution in [0, 0.1) is 11.7 Å². The molecule has 18 heavy (non-hydrogen) atoms. The van der Waals surface area contributed by atoms with Crippen LogP contribution in [0.5, 0.6) is 0 Å². The number of rotatable bonds is 5.